The van der Waals surface area contributed by atoms with E-state index in [9.17, 15) is 4.79 Å². The Bertz CT molecular complexity index is 864. The van der Waals surface area contributed by atoms with Crippen LogP contribution in [-0.2, 0) is 11.2 Å². The molecule has 0 bridgehead atoms. The second kappa shape index (κ2) is 7.47. The molecule has 3 heterocycles. The zero-order chi connectivity index (χ0) is 17.8. The number of likely N-dealkylation sites (tertiary alicyclic amines) is 1. The highest BCUT2D eigenvalue weighted by molar-refractivity contribution is 5.79. The predicted octanol–water partition coefficient (Wildman–Crippen LogP) is 3.08. The van der Waals surface area contributed by atoms with Crippen molar-refractivity contribution in [2.75, 3.05) is 13.1 Å². The SMILES string of the molecule is O=C1CC(c2noc(-c3ccncc3)n2)CN1CCCc1ccccc1. The molecule has 1 atom stereocenters. The van der Waals surface area contributed by atoms with Crippen molar-refractivity contribution in [3.05, 3.63) is 66.2 Å². The lowest BCUT2D eigenvalue weighted by Crippen LogP contribution is -2.26. The minimum absolute atomic E-state index is 0.00133. The number of pyridine rings is 1. The zero-order valence-corrected chi connectivity index (χ0v) is 14.4. The summed E-state index contributed by atoms with van der Waals surface area (Å²) in [6.45, 7) is 1.42. The van der Waals surface area contributed by atoms with Gasteiger partial charge in [0.2, 0.25) is 5.91 Å². The van der Waals surface area contributed by atoms with Crippen molar-refractivity contribution in [2.45, 2.75) is 25.2 Å². The molecule has 0 aliphatic carbocycles. The van der Waals surface area contributed by atoms with E-state index in [1.807, 2.05) is 35.2 Å². The Labute approximate surface area is 151 Å². The standard InChI is InChI=1S/C20H20N4O2/c25-18-13-17(14-24(18)12-4-7-15-5-2-1-3-6-15)19-22-20(26-23-19)16-8-10-21-11-9-16/h1-3,5-6,8-11,17H,4,7,12-14H2. The molecule has 26 heavy (non-hydrogen) atoms. The Morgan fingerprint density at radius 1 is 1.12 bits per heavy atom. The van der Waals surface area contributed by atoms with E-state index >= 15 is 0 Å². The fraction of sp³-hybridized carbons (Fsp3) is 0.300. The lowest BCUT2D eigenvalue weighted by atomic mass is 10.1. The summed E-state index contributed by atoms with van der Waals surface area (Å²) in [6, 6.07) is 14.0. The highest BCUT2D eigenvalue weighted by Crippen LogP contribution is 2.28. The summed E-state index contributed by atoms with van der Waals surface area (Å²) in [5.74, 6) is 1.24. The van der Waals surface area contributed by atoms with Crippen molar-refractivity contribution < 1.29 is 9.32 Å². The summed E-state index contributed by atoms with van der Waals surface area (Å²) < 4.78 is 5.35. The lowest BCUT2D eigenvalue weighted by molar-refractivity contribution is -0.127. The lowest BCUT2D eigenvalue weighted by Gasteiger charge is -2.15. The molecular weight excluding hydrogens is 328 g/mol. The van der Waals surface area contributed by atoms with Gasteiger partial charge in [-0.15, -0.1) is 0 Å². The molecule has 2 aromatic heterocycles. The third-order valence-electron chi connectivity index (χ3n) is 4.68. The molecule has 1 fully saturated rings. The van der Waals surface area contributed by atoms with Crippen LogP contribution in [0.25, 0.3) is 11.5 Å². The van der Waals surface area contributed by atoms with E-state index in [0.29, 0.717) is 24.7 Å². The fourth-order valence-corrected chi connectivity index (χ4v) is 3.29. The number of benzene rings is 1. The summed E-state index contributed by atoms with van der Waals surface area (Å²) in [5.41, 5.74) is 2.14. The van der Waals surface area contributed by atoms with Gasteiger partial charge in [0, 0.05) is 43.4 Å². The van der Waals surface area contributed by atoms with Crippen molar-refractivity contribution in [3.8, 4) is 11.5 Å². The summed E-state index contributed by atoms with van der Waals surface area (Å²) in [7, 11) is 0. The van der Waals surface area contributed by atoms with E-state index in [1.165, 1.54) is 5.56 Å². The van der Waals surface area contributed by atoms with Crippen LogP contribution in [0.2, 0.25) is 0 Å². The van der Waals surface area contributed by atoms with Gasteiger partial charge in [0.05, 0.1) is 0 Å². The van der Waals surface area contributed by atoms with Crippen LogP contribution in [0.1, 0.15) is 30.1 Å². The molecule has 6 nitrogen and oxygen atoms in total. The maximum Gasteiger partial charge on any atom is 0.258 e. The minimum atomic E-state index is -0.00133. The average molecular weight is 348 g/mol. The molecule has 0 saturated carbocycles. The first-order chi connectivity index (χ1) is 12.8. The number of carbonyl (C=O) groups is 1. The Morgan fingerprint density at radius 2 is 1.92 bits per heavy atom. The molecule has 1 aromatic carbocycles. The summed E-state index contributed by atoms with van der Waals surface area (Å²) in [4.78, 5) is 22.7. The van der Waals surface area contributed by atoms with Crippen LogP contribution in [0.3, 0.4) is 0 Å². The van der Waals surface area contributed by atoms with Gasteiger partial charge in [0.15, 0.2) is 5.82 Å². The maximum absolute atomic E-state index is 12.3. The van der Waals surface area contributed by atoms with Gasteiger partial charge in [-0.3, -0.25) is 9.78 Å². The first kappa shape index (κ1) is 16.4. The molecule has 0 N–H and O–H groups in total. The van der Waals surface area contributed by atoms with Crippen molar-refractivity contribution >= 4 is 5.91 Å². The monoisotopic (exact) mass is 348 g/mol. The average Bonchev–Trinajstić information content (AvgIpc) is 3.31. The van der Waals surface area contributed by atoms with Crippen LogP contribution >= 0.6 is 0 Å². The van der Waals surface area contributed by atoms with Gasteiger partial charge in [-0.05, 0) is 30.5 Å². The van der Waals surface area contributed by atoms with Crippen LogP contribution in [0.4, 0.5) is 0 Å². The molecule has 3 aromatic rings. The fourth-order valence-electron chi connectivity index (χ4n) is 3.29. The number of carbonyl (C=O) groups excluding carboxylic acids is 1. The van der Waals surface area contributed by atoms with Crippen LogP contribution in [-0.4, -0.2) is 39.0 Å². The van der Waals surface area contributed by atoms with Gasteiger partial charge in [-0.2, -0.15) is 4.98 Å². The number of rotatable bonds is 6. The Hall–Kier alpha value is -3.02. The van der Waals surface area contributed by atoms with Crippen LogP contribution in [0.15, 0.2) is 59.4 Å². The van der Waals surface area contributed by atoms with Crippen LogP contribution < -0.4 is 0 Å². The molecule has 1 saturated heterocycles. The largest absolute Gasteiger partial charge is 0.342 e. The van der Waals surface area contributed by atoms with Crippen LogP contribution in [0.5, 0.6) is 0 Å². The van der Waals surface area contributed by atoms with Crippen molar-refractivity contribution in [1.82, 2.24) is 20.0 Å². The van der Waals surface area contributed by atoms with E-state index in [4.69, 9.17) is 4.52 Å². The van der Waals surface area contributed by atoms with E-state index < -0.39 is 0 Å². The van der Waals surface area contributed by atoms with Crippen LogP contribution in [0, 0.1) is 0 Å². The Kier molecular flexibility index (Phi) is 4.73. The normalized spacial score (nSPS) is 17.0. The quantitative estimate of drug-likeness (QED) is 0.684. The summed E-state index contributed by atoms with van der Waals surface area (Å²) >= 11 is 0. The number of hydrogen-bond donors (Lipinski definition) is 0. The van der Waals surface area contributed by atoms with E-state index in [0.717, 1.165) is 24.9 Å². The summed E-state index contributed by atoms with van der Waals surface area (Å²) in [5, 5.41) is 4.09. The van der Waals surface area contributed by atoms with Crippen molar-refractivity contribution in [1.29, 1.82) is 0 Å². The van der Waals surface area contributed by atoms with Gasteiger partial charge < -0.3 is 9.42 Å². The number of aromatic nitrogens is 3. The number of nitrogens with zero attached hydrogens (tertiary/aromatic N) is 4. The molecular formula is C20H20N4O2. The maximum atomic E-state index is 12.3. The Balaban J connectivity index is 1.35. The highest BCUT2D eigenvalue weighted by Gasteiger charge is 2.33. The molecule has 1 aliphatic heterocycles. The second-order valence-corrected chi connectivity index (χ2v) is 6.52. The predicted molar refractivity (Wildman–Crippen MR) is 96.2 cm³/mol. The topological polar surface area (TPSA) is 72.1 Å². The van der Waals surface area contributed by atoms with Gasteiger partial charge in [-0.25, -0.2) is 0 Å². The molecule has 1 unspecified atom stereocenters. The third kappa shape index (κ3) is 3.64. The zero-order valence-electron chi connectivity index (χ0n) is 14.4. The minimum Gasteiger partial charge on any atom is -0.342 e. The summed E-state index contributed by atoms with van der Waals surface area (Å²) in [6.07, 6.45) is 5.75. The number of aryl methyl sites for hydroxylation is 1. The van der Waals surface area contributed by atoms with E-state index in [1.54, 1.807) is 12.4 Å². The molecule has 6 heteroatoms. The first-order valence-electron chi connectivity index (χ1n) is 8.85. The third-order valence-corrected chi connectivity index (χ3v) is 4.68. The van der Waals surface area contributed by atoms with Crippen molar-refractivity contribution in [2.24, 2.45) is 0 Å². The van der Waals surface area contributed by atoms with Gasteiger partial charge >= 0.3 is 0 Å². The van der Waals surface area contributed by atoms with Gasteiger partial charge in [0.25, 0.3) is 5.89 Å². The first-order valence-corrected chi connectivity index (χ1v) is 8.85. The highest BCUT2D eigenvalue weighted by atomic mass is 16.5. The van der Waals surface area contributed by atoms with Gasteiger partial charge in [-0.1, -0.05) is 35.5 Å². The second-order valence-electron chi connectivity index (χ2n) is 6.52. The Morgan fingerprint density at radius 3 is 2.73 bits per heavy atom. The number of hydrogen-bond acceptors (Lipinski definition) is 5. The molecule has 0 radical (unpaired) electrons. The number of amides is 1. The van der Waals surface area contributed by atoms with Crippen molar-refractivity contribution in [3.63, 3.8) is 0 Å². The van der Waals surface area contributed by atoms with E-state index in [2.05, 4.69) is 27.3 Å². The van der Waals surface area contributed by atoms with E-state index in [-0.39, 0.29) is 11.8 Å². The molecule has 1 aliphatic rings. The molecule has 1 amide bonds. The molecule has 132 valence electrons. The van der Waals surface area contributed by atoms with Gasteiger partial charge in [0.1, 0.15) is 0 Å². The smallest absolute Gasteiger partial charge is 0.258 e. The molecule has 4 rings (SSSR count). The molecule has 0 spiro atoms.